The van der Waals surface area contributed by atoms with Gasteiger partial charge in [-0.2, -0.15) is 4.31 Å². The Balaban J connectivity index is 1.66. The standard InChI is InChI=1S/C18H30N4O3S2/c1-19(2)18(23)22(13-12-20-9-4-3-5-10-20)16-8-11-21(15-16)27(24,25)17-7-6-14-26-17/h6-7,14,16H,3-5,8-13,15H2,1-2H3. The molecule has 27 heavy (non-hydrogen) atoms. The maximum Gasteiger partial charge on any atom is 0.319 e. The first-order valence-electron chi connectivity index (χ1n) is 9.63. The summed E-state index contributed by atoms with van der Waals surface area (Å²) in [6.45, 7) is 4.52. The molecule has 0 radical (unpaired) electrons. The third-order valence-electron chi connectivity index (χ3n) is 5.39. The molecule has 0 spiro atoms. The highest BCUT2D eigenvalue weighted by Crippen LogP contribution is 2.26. The monoisotopic (exact) mass is 414 g/mol. The molecule has 1 aromatic rings. The quantitative estimate of drug-likeness (QED) is 0.714. The summed E-state index contributed by atoms with van der Waals surface area (Å²) in [6.07, 6.45) is 4.41. The molecule has 2 aliphatic rings. The van der Waals surface area contributed by atoms with Crippen molar-refractivity contribution in [3.05, 3.63) is 17.5 Å². The molecule has 7 nitrogen and oxygen atoms in total. The average Bonchev–Trinajstić information content (AvgIpc) is 3.35. The van der Waals surface area contributed by atoms with Crippen LogP contribution in [0.4, 0.5) is 4.79 Å². The Labute approximate surface area is 166 Å². The average molecular weight is 415 g/mol. The molecule has 9 heteroatoms. The van der Waals surface area contributed by atoms with Gasteiger partial charge in [0.25, 0.3) is 10.0 Å². The minimum atomic E-state index is -3.45. The van der Waals surface area contributed by atoms with Crippen LogP contribution < -0.4 is 0 Å². The molecule has 3 heterocycles. The predicted octanol–water partition coefficient (Wildman–Crippen LogP) is 1.98. The molecule has 1 atom stereocenters. The zero-order valence-corrected chi connectivity index (χ0v) is 17.8. The van der Waals surface area contributed by atoms with Gasteiger partial charge >= 0.3 is 6.03 Å². The summed E-state index contributed by atoms with van der Waals surface area (Å²) in [6, 6.07) is 3.30. The highest BCUT2D eigenvalue weighted by atomic mass is 32.2. The molecular weight excluding hydrogens is 384 g/mol. The largest absolute Gasteiger partial charge is 0.331 e. The number of urea groups is 1. The van der Waals surface area contributed by atoms with Gasteiger partial charge in [-0.15, -0.1) is 11.3 Å². The molecular formula is C18H30N4O3S2. The van der Waals surface area contributed by atoms with Gasteiger partial charge in [0, 0.05) is 46.3 Å². The molecule has 0 aliphatic carbocycles. The molecule has 0 N–H and O–H groups in total. The minimum absolute atomic E-state index is 0.0348. The Morgan fingerprint density at radius 3 is 2.59 bits per heavy atom. The van der Waals surface area contributed by atoms with Gasteiger partial charge in [-0.05, 0) is 43.8 Å². The lowest BCUT2D eigenvalue weighted by molar-refractivity contribution is 0.134. The summed E-state index contributed by atoms with van der Waals surface area (Å²) in [5, 5.41) is 1.78. The molecule has 1 aromatic heterocycles. The van der Waals surface area contributed by atoms with Crippen LogP contribution in [-0.2, 0) is 10.0 Å². The molecule has 2 fully saturated rings. The maximum absolute atomic E-state index is 12.8. The molecule has 152 valence electrons. The van der Waals surface area contributed by atoms with Crippen molar-refractivity contribution >= 4 is 27.4 Å². The third kappa shape index (κ3) is 4.82. The van der Waals surface area contributed by atoms with E-state index in [1.165, 1.54) is 34.9 Å². The SMILES string of the molecule is CN(C)C(=O)N(CCN1CCCCC1)C1CCN(S(=O)(=O)c2cccs2)C1. The van der Waals surface area contributed by atoms with Crippen molar-refractivity contribution < 1.29 is 13.2 Å². The highest BCUT2D eigenvalue weighted by molar-refractivity contribution is 7.91. The van der Waals surface area contributed by atoms with Crippen molar-refractivity contribution in [2.75, 3.05) is 53.4 Å². The lowest BCUT2D eigenvalue weighted by Crippen LogP contribution is -2.50. The number of nitrogens with zero attached hydrogens (tertiary/aromatic N) is 4. The summed E-state index contributed by atoms with van der Waals surface area (Å²) >= 11 is 1.24. The first-order chi connectivity index (χ1) is 12.9. The second-order valence-corrected chi connectivity index (χ2v) is 10.6. The zero-order valence-electron chi connectivity index (χ0n) is 16.2. The van der Waals surface area contributed by atoms with Gasteiger partial charge in [-0.25, -0.2) is 13.2 Å². The molecule has 2 amide bonds. The molecule has 0 aromatic carbocycles. The zero-order chi connectivity index (χ0) is 19.4. The van der Waals surface area contributed by atoms with E-state index in [1.807, 2.05) is 4.90 Å². The van der Waals surface area contributed by atoms with Crippen molar-refractivity contribution in [3.8, 4) is 0 Å². The first-order valence-corrected chi connectivity index (χ1v) is 12.0. The van der Waals surface area contributed by atoms with Crippen LogP contribution in [0.3, 0.4) is 0 Å². The lowest BCUT2D eigenvalue weighted by Gasteiger charge is -2.34. The molecule has 2 saturated heterocycles. The number of amides is 2. The smallest absolute Gasteiger partial charge is 0.319 e. The van der Waals surface area contributed by atoms with Crippen molar-refractivity contribution in [2.24, 2.45) is 0 Å². The number of carbonyl (C=O) groups is 1. The topological polar surface area (TPSA) is 64.2 Å². The summed E-state index contributed by atoms with van der Waals surface area (Å²) in [5.41, 5.74) is 0. The van der Waals surface area contributed by atoms with E-state index < -0.39 is 10.0 Å². The highest BCUT2D eigenvalue weighted by Gasteiger charge is 2.37. The van der Waals surface area contributed by atoms with E-state index in [2.05, 4.69) is 4.90 Å². The number of carbonyl (C=O) groups excluding carboxylic acids is 1. The molecule has 1 unspecified atom stereocenters. The molecule has 2 aliphatic heterocycles. The Bertz CT molecular complexity index is 715. The van der Waals surface area contributed by atoms with E-state index in [9.17, 15) is 13.2 Å². The third-order valence-corrected chi connectivity index (χ3v) is 8.63. The van der Waals surface area contributed by atoms with Crippen LogP contribution in [-0.4, -0.2) is 92.9 Å². The number of hydrogen-bond acceptors (Lipinski definition) is 5. The molecule has 3 rings (SSSR count). The van der Waals surface area contributed by atoms with Crippen LogP contribution in [0.2, 0.25) is 0 Å². The van der Waals surface area contributed by atoms with Gasteiger partial charge in [0.2, 0.25) is 0 Å². The summed E-state index contributed by atoms with van der Waals surface area (Å²) in [4.78, 5) is 18.6. The maximum atomic E-state index is 12.8. The number of sulfonamides is 1. The molecule has 0 bridgehead atoms. The van der Waals surface area contributed by atoms with Gasteiger partial charge in [-0.3, -0.25) is 0 Å². The second-order valence-electron chi connectivity index (χ2n) is 7.51. The van der Waals surface area contributed by atoms with Gasteiger partial charge in [0.05, 0.1) is 0 Å². The van der Waals surface area contributed by atoms with Crippen molar-refractivity contribution in [1.29, 1.82) is 0 Å². The van der Waals surface area contributed by atoms with Crippen LogP contribution in [0.1, 0.15) is 25.7 Å². The lowest BCUT2D eigenvalue weighted by atomic mass is 10.1. The van der Waals surface area contributed by atoms with Gasteiger partial charge < -0.3 is 14.7 Å². The fourth-order valence-electron chi connectivity index (χ4n) is 3.84. The van der Waals surface area contributed by atoms with Crippen LogP contribution >= 0.6 is 11.3 Å². The second kappa shape index (κ2) is 8.89. The predicted molar refractivity (Wildman–Crippen MR) is 108 cm³/mol. The van der Waals surface area contributed by atoms with Crippen LogP contribution in [0.25, 0.3) is 0 Å². The van der Waals surface area contributed by atoms with E-state index >= 15 is 0 Å². The minimum Gasteiger partial charge on any atom is -0.331 e. The van der Waals surface area contributed by atoms with E-state index in [-0.39, 0.29) is 12.1 Å². The number of hydrogen-bond donors (Lipinski definition) is 0. The Kier molecular flexibility index (Phi) is 6.78. The Morgan fingerprint density at radius 1 is 1.22 bits per heavy atom. The number of piperidine rings is 1. The van der Waals surface area contributed by atoms with Crippen molar-refractivity contribution in [3.63, 3.8) is 0 Å². The summed E-state index contributed by atoms with van der Waals surface area (Å²) in [7, 11) is 0.0573. The number of thiophene rings is 1. The van der Waals surface area contributed by atoms with Crippen molar-refractivity contribution in [2.45, 2.75) is 35.9 Å². The Morgan fingerprint density at radius 2 is 1.96 bits per heavy atom. The van der Waals surface area contributed by atoms with Crippen LogP contribution in [0.15, 0.2) is 21.7 Å². The fraction of sp³-hybridized carbons (Fsp3) is 0.722. The van der Waals surface area contributed by atoms with Gasteiger partial charge in [-0.1, -0.05) is 12.5 Å². The van der Waals surface area contributed by atoms with Crippen LogP contribution in [0, 0.1) is 0 Å². The summed E-state index contributed by atoms with van der Waals surface area (Å²) < 4.78 is 27.5. The molecule has 0 saturated carbocycles. The number of rotatable bonds is 6. The summed E-state index contributed by atoms with van der Waals surface area (Å²) in [5.74, 6) is 0. The van der Waals surface area contributed by atoms with E-state index in [0.29, 0.717) is 30.3 Å². The fourth-order valence-corrected chi connectivity index (χ4v) is 6.48. The van der Waals surface area contributed by atoms with Crippen LogP contribution in [0.5, 0.6) is 0 Å². The normalized spacial score (nSPS) is 22.1. The van der Waals surface area contributed by atoms with E-state index in [4.69, 9.17) is 0 Å². The Hall–Kier alpha value is -1.16. The van der Waals surface area contributed by atoms with Gasteiger partial charge in [0.15, 0.2) is 0 Å². The first kappa shape index (κ1) is 20.6. The number of likely N-dealkylation sites (tertiary alicyclic amines) is 1. The van der Waals surface area contributed by atoms with E-state index in [1.54, 1.807) is 36.5 Å². The van der Waals surface area contributed by atoms with Crippen molar-refractivity contribution in [1.82, 2.24) is 19.0 Å². The van der Waals surface area contributed by atoms with Gasteiger partial charge in [0.1, 0.15) is 4.21 Å². The van der Waals surface area contributed by atoms with E-state index in [0.717, 1.165) is 19.6 Å².